The van der Waals surface area contributed by atoms with E-state index in [0.717, 1.165) is 4.90 Å². The fourth-order valence-electron chi connectivity index (χ4n) is 3.86. The molecule has 0 bridgehead atoms. The summed E-state index contributed by atoms with van der Waals surface area (Å²) in [4.78, 5) is 74.5. The number of carbonyl (C=O) groups is 6. The van der Waals surface area contributed by atoms with Crippen LogP contribution in [0.15, 0.2) is 36.4 Å². The van der Waals surface area contributed by atoms with Crippen molar-refractivity contribution in [3.63, 3.8) is 0 Å². The van der Waals surface area contributed by atoms with Crippen molar-refractivity contribution < 1.29 is 28.8 Å². The lowest BCUT2D eigenvalue weighted by atomic mass is 9.98. The predicted molar refractivity (Wildman–Crippen MR) is 148 cm³/mol. The molecule has 7 amide bonds. The minimum absolute atomic E-state index is 0.0341. The molecule has 1 aromatic carbocycles. The quantitative estimate of drug-likeness (QED) is 0.118. The van der Waals surface area contributed by atoms with Gasteiger partial charge in [0.1, 0.15) is 19.9 Å². The van der Waals surface area contributed by atoms with Crippen LogP contribution in [0.5, 0.6) is 0 Å². The van der Waals surface area contributed by atoms with Crippen molar-refractivity contribution in [1.29, 1.82) is 0 Å². The summed E-state index contributed by atoms with van der Waals surface area (Å²) in [6.07, 6.45) is 3.73. The summed E-state index contributed by atoms with van der Waals surface area (Å²) in [5, 5.41) is 10.8. The van der Waals surface area contributed by atoms with Crippen LogP contribution >= 0.6 is 0 Å². The van der Waals surface area contributed by atoms with E-state index in [1.54, 1.807) is 38.1 Å². The molecule has 1 aliphatic rings. The van der Waals surface area contributed by atoms with Crippen molar-refractivity contribution in [2.45, 2.75) is 64.5 Å². The van der Waals surface area contributed by atoms with Gasteiger partial charge >= 0.3 is 6.03 Å². The van der Waals surface area contributed by atoms with Gasteiger partial charge in [0.15, 0.2) is 0 Å². The highest BCUT2D eigenvalue weighted by atomic mass is 16.2. The number of anilines is 1. The molecule has 13 heteroatoms. The Balaban J connectivity index is 2.02. The van der Waals surface area contributed by atoms with Crippen molar-refractivity contribution in [2.75, 3.05) is 11.4 Å². The van der Waals surface area contributed by atoms with Gasteiger partial charge in [-0.05, 0) is 43.4 Å². The van der Waals surface area contributed by atoms with Gasteiger partial charge in [0.2, 0.25) is 17.7 Å². The van der Waals surface area contributed by atoms with E-state index in [2.05, 4.69) is 21.3 Å². The number of imide groups is 1. The number of primary amides is 1. The highest BCUT2D eigenvalue weighted by Crippen LogP contribution is 2.19. The van der Waals surface area contributed by atoms with Gasteiger partial charge < -0.3 is 27.0 Å². The molecule has 1 aliphatic heterocycles. The van der Waals surface area contributed by atoms with Gasteiger partial charge in [-0.3, -0.25) is 24.0 Å². The van der Waals surface area contributed by atoms with E-state index in [4.69, 9.17) is 5.73 Å². The van der Waals surface area contributed by atoms with E-state index < -0.39 is 41.7 Å². The van der Waals surface area contributed by atoms with Gasteiger partial charge in [-0.1, -0.05) is 32.3 Å². The molecule has 0 aromatic heterocycles. The first-order valence-corrected chi connectivity index (χ1v) is 13.0. The van der Waals surface area contributed by atoms with Crippen LogP contribution in [0.3, 0.4) is 0 Å². The lowest BCUT2D eigenvalue weighted by Gasteiger charge is -2.26. The molecule has 3 atom stereocenters. The van der Waals surface area contributed by atoms with Crippen molar-refractivity contribution >= 4 is 49.1 Å². The van der Waals surface area contributed by atoms with Gasteiger partial charge in [0.05, 0.1) is 12.1 Å². The zero-order valence-electron chi connectivity index (χ0n) is 22.8. The molecule has 210 valence electrons. The number of rotatable bonds is 14. The van der Waals surface area contributed by atoms with Gasteiger partial charge in [0.25, 0.3) is 11.8 Å². The summed E-state index contributed by atoms with van der Waals surface area (Å²) in [5.41, 5.74) is 6.10. The van der Waals surface area contributed by atoms with Crippen molar-refractivity contribution in [3.05, 3.63) is 42.0 Å². The molecule has 1 unspecified atom stereocenters. The molecule has 0 saturated carbocycles. The molecule has 6 N–H and O–H groups in total. The van der Waals surface area contributed by atoms with Crippen LogP contribution in [0, 0.1) is 5.92 Å². The fraction of sp³-hybridized carbons (Fsp3) is 0.462. The number of hydrogen-bond acceptors (Lipinski definition) is 6. The third-order valence-corrected chi connectivity index (χ3v) is 6.24. The number of hydrogen-bond donors (Lipinski definition) is 5. The summed E-state index contributed by atoms with van der Waals surface area (Å²) in [5.74, 6) is -2.40. The van der Waals surface area contributed by atoms with Crippen molar-refractivity contribution in [1.82, 2.24) is 21.3 Å². The predicted octanol–water partition coefficient (Wildman–Crippen LogP) is -0.711. The lowest BCUT2D eigenvalue weighted by Crippen LogP contribution is -2.56. The van der Waals surface area contributed by atoms with Gasteiger partial charge in [-0.25, -0.2) is 9.69 Å². The second-order valence-corrected chi connectivity index (χ2v) is 9.79. The highest BCUT2D eigenvalue weighted by molar-refractivity contribution is 6.28. The highest BCUT2D eigenvalue weighted by Gasteiger charge is 2.29. The van der Waals surface area contributed by atoms with Crippen LogP contribution in [0.1, 0.15) is 39.2 Å². The molecule has 0 fully saturated rings. The maximum Gasteiger partial charge on any atom is 0.312 e. The SMILES string of the molecule is BC[C@H](C)NC(=O)[C@H](CCCNC(N)=O)NC(=O)C(NC(=O)Cc1ccc(N2C(=O)C=CC2=O)cc1)C(C)C. The van der Waals surface area contributed by atoms with Gasteiger partial charge in [-0.2, -0.15) is 0 Å². The molecule has 0 saturated heterocycles. The molecule has 1 heterocycles. The topological polar surface area (TPSA) is 180 Å². The molecular weight excluding hydrogens is 503 g/mol. The lowest BCUT2D eigenvalue weighted by molar-refractivity contribution is -0.133. The van der Waals surface area contributed by atoms with Crippen molar-refractivity contribution in [3.8, 4) is 0 Å². The summed E-state index contributed by atoms with van der Waals surface area (Å²) in [6.45, 7) is 5.66. The second-order valence-electron chi connectivity index (χ2n) is 9.79. The summed E-state index contributed by atoms with van der Waals surface area (Å²) in [6, 6.07) is 3.89. The number of nitrogens with two attached hydrogens (primary N) is 1. The van der Waals surface area contributed by atoms with Crippen LogP contribution in [0.25, 0.3) is 0 Å². The second kappa shape index (κ2) is 14.7. The van der Waals surface area contributed by atoms with E-state index in [0.29, 0.717) is 24.0 Å². The molecule has 2 rings (SSSR count). The van der Waals surface area contributed by atoms with Crippen LogP contribution in [0.4, 0.5) is 10.5 Å². The smallest absolute Gasteiger partial charge is 0.312 e. The van der Waals surface area contributed by atoms with E-state index in [-0.39, 0.29) is 37.3 Å². The summed E-state index contributed by atoms with van der Waals surface area (Å²) < 4.78 is 0. The Morgan fingerprint density at radius 1 is 0.923 bits per heavy atom. The third kappa shape index (κ3) is 9.58. The molecular formula is C26H37BN6O6. The number of benzene rings is 1. The van der Waals surface area contributed by atoms with Crippen LogP contribution in [-0.4, -0.2) is 68.1 Å². The standard InChI is InChI=1S/C26H37BN6O6/c1-15(2)23(25(38)31-19(5-4-12-29-26(28)39)24(37)30-16(3)14-27)32-20(34)13-17-6-8-18(9-7-17)33-21(35)10-11-22(33)36/h6-11,15-16,19,23H,4-5,12-14,27H2,1-3H3,(H,30,37)(H,31,38)(H,32,34)(H3,28,29,39)/t16-,19-,23?/m0/s1. The summed E-state index contributed by atoms with van der Waals surface area (Å²) >= 11 is 0. The first-order chi connectivity index (χ1) is 18.4. The minimum atomic E-state index is -0.898. The van der Waals surface area contributed by atoms with Crippen LogP contribution in [0.2, 0.25) is 6.32 Å². The summed E-state index contributed by atoms with van der Waals surface area (Å²) in [7, 11) is 1.93. The zero-order valence-corrected chi connectivity index (χ0v) is 22.8. The van der Waals surface area contributed by atoms with Crippen LogP contribution in [-0.2, 0) is 30.4 Å². The van der Waals surface area contributed by atoms with Crippen molar-refractivity contribution in [2.24, 2.45) is 11.7 Å². The van der Waals surface area contributed by atoms with E-state index in [1.165, 1.54) is 12.2 Å². The average Bonchev–Trinajstić information content (AvgIpc) is 3.21. The Labute approximate surface area is 228 Å². The fourth-order valence-corrected chi connectivity index (χ4v) is 3.86. The van der Waals surface area contributed by atoms with E-state index >= 15 is 0 Å². The Hall–Kier alpha value is -4.16. The molecule has 0 aliphatic carbocycles. The van der Waals surface area contributed by atoms with E-state index in [1.807, 2.05) is 14.8 Å². The Kier molecular flexibility index (Phi) is 11.7. The number of nitrogens with one attached hydrogen (secondary N) is 4. The Bertz CT molecular complexity index is 1090. The Morgan fingerprint density at radius 3 is 2.08 bits per heavy atom. The third-order valence-electron chi connectivity index (χ3n) is 6.24. The van der Waals surface area contributed by atoms with Crippen LogP contribution < -0.4 is 31.9 Å². The largest absolute Gasteiger partial charge is 0.353 e. The maximum atomic E-state index is 13.2. The molecule has 0 radical (unpaired) electrons. The molecule has 1 aromatic rings. The molecule has 12 nitrogen and oxygen atoms in total. The number of urea groups is 1. The number of nitrogens with zero attached hydrogens (tertiary/aromatic N) is 1. The average molecular weight is 540 g/mol. The molecule has 39 heavy (non-hydrogen) atoms. The number of amides is 7. The number of carbonyl (C=O) groups excluding carboxylic acids is 6. The monoisotopic (exact) mass is 540 g/mol. The Morgan fingerprint density at radius 2 is 1.54 bits per heavy atom. The normalized spacial score (nSPS) is 15.0. The van der Waals surface area contributed by atoms with Gasteiger partial charge in [0, 0.05) is 24.7 Å². The first kappa shape index (κ1) is 31.1. The molecule has 0 spiro atoms. The van der Waals surface area contributed by atoms with Gasteiger partial charge in [-0.15, -0.1) is 0 Å². The minimum Gasteiger partial charge on any atom is -0.353 e. The maximum absolute atomic E-state index is 13.2. The first-order valence-electron chi connectivity index (χ1n) is 13.0. The van der Waals surface area contributed by atoms with E-state index in [9.17, 15) is 28.8 Å². The zero-order chi connectivity index (χ0) is 29.1.